The minimum atomic E-state index is -2.84. The van der Waals surface area contributed by atoms with Gasteiger partial charge in [-0.05, 0) is 31.7 Å². The summed E-state index contributed by atoms with van der Waals surface area (Å²) in [5.74, 6) is 0.816. The molecule has 1 aromatic heterocycles. The standard InChI is InChI=1S/C13H21N3O2S/c1-2-15-13(10-5-6-19(17,18)8-10)12-7-14-9-16(12)11-3-4-11/h7,9-11,13,15H,2-6,8H2,1H3. The van der Waals surface area contributed by atoms with Crippen LogP contribution in [0, 0.1) is 5.92 Å². The Hall–Kier alpha value is -0.880. The minimum absolute atomic E-state index is 0.116. The van der Waals surface area contributed by atoms with Gasteiger partial charge in [0.25, 0.3) is 0 Å². The van der Waals surface area contributed by atoms with Crippen LogP contribution in [0.25, 0.3) is 0 Å². The maximum atomic E-state index is 11.7. The molecule has 0 amide bonds. The minimum Gasteiger partial charge on any atom is -0.330 e. The number of nitrogens with one attached hydrogen (secondary N) is 1. The molecule has 19 heavy (non-hydrogen) atoms. The van der Waals surface area contributed by atoms with Crippen LogP contribution in [-0.4, -0.2) is 36.0 Å². The lowest BCUT2D eigenvalue weighted by Crippen LogP contribution is -2.30. The first kappa shape index (κ1) is 13.1. The monoisotopic (exact) mass is 283 g/mol. The van der Waals surface area contributed by atoms with E-state index in [0.29, 0.717) is 17.5 Å². The van der Waals surface area contributed by atoms with Gasteiger partial charge in [0.1, 0.15) is 0 Å². The van der Waals surface area contributed by atoms with Gasteiger partial charge < -0.3 is 9.88 Å². The molecule has 2 aliphatic rings. The van der Waals surface area contributed by atoms with Gasteiger partial charge in [0.05, 0.1) is 29.6 Å². The number of nitrogens with zero attached hydrogens (tertiary/aromatic N) is 2. The van der Waals surface area contributed by atoms with Crippen LogP contribution in [0.1, 0.15) is 44.0 Å². The third-order valence-electron chi connectivity index (χ3n) is 4.12. The van der Waals surface area contributed by atoms with E-state index in [1.54, 1.807) is 0 Å². The molecule has 5 nitrogen and oxygen atoms in total. The highest BCUT2D eigenvalue weighted by molar-refractivity contribution is 7.91. The number of sulfone groups is 1. The SMILES string of the molecule is CCNC(c1cncn1C1CC1)C1CCS(=O)(=O)C1. The van der Waals surface area contributed by atoms with Gasteiger partial charge in [-0.1, -0.05) is 6.92 Å². The summed E-state index contributed by atoms with van der Waals surface area (Å²) >= 11 is 0. The average molecular weight is 283 g/mol. The van der Waals surface area contributed by atoms with E-state index in [9.17, 15) is 8.42 Å². The summed E-state index contributed by atoms with van der Waals surface area (Å²) in [7, 11) is -2.84. The van der Waals surface area contributed by atoms with Crippen molar-refractivity contribution in [1.82, 2.24) is 14.9 Å². The summed E-state index contributed by atoms with van der Waals surface area (Å²) in [5, 5.41) is 3.46. The predicted molar refractivity (Wildman–Crippen MR) is 73.7 cm³/mol. The van der Waals surface area contributed by atoms with Crippen molar-refractivity contribution in [3.63, 3.8) is 0 Å². The number of imidazole rings is 1. The van der Waals surface area contributed by atoms with Gasteiger partial charge in [-0.15, -0.1) is 0 Å². The van der Waals surface area contributed by atoms with Crippen molar-refractivity contribution in [3.05, 3.63) is 18.2 Å². The largest absolute Gasteiger partial charge is 0.330 e. The van der Waals surface area contributed by atoms with Gasteiger partial charge in [-0.25, -0.2) is 13.4 Å². The molecule has 1 saturated heterocycles. The van der Waals surface area contributed by atoms with Crippen molar-refractivity contribution >= 4 is 9.84 Å². The second kappa shape index (κ2) is 4.90. The summed E-state index contributed by atoms with van der Waals surface area (Å²) in [6.45, 7) is 2.91. The second-order valence-electron chi connectivity index (χ2n) is 5.66. The van der Waals surface area contributed by atoms with Crippen LogP contribution in [0.2, 0.25) is 0 Å². The Morgan fingerprint density at radius 1 is 1.47 bits per heavy atom. The Morgan fingerprint density at radius 3 is 2.84 bits per heavy atom. The second-order valence-corrected chi connectivity index (χ2v) is 7.88. The van der Waals surface area contributed by atoms with Crippen molar-refractivity contribution in [2.75, 3.05) is 18.1 Å². The van der Waals surface area contributed by atoms with E-state index in [2.05, 4.69) is 21.8 Å². The quantitative estimate of drug-likeness (QED) is 0.885. The molecule has 0 bridgehead atoms. The zero-order valence-electron chi connectivity index (χ0n) is 11.2. The normalized spacial score (nSPS) is 27.5. The smallest absolute Gasteiger partial charge is 0.150 e. The lowest BCUT2D eigenvalue weighted by atomic mass is 9.96. The van der Waals surface area contributed by atoms with Gasteiger partial charge in [0.15, 0.2) is 9.84 Å². The van der Waals surface area contributed by atoms with Gasteiger partial charge >= 0.3 is 0 Å². The van der Waals surface area contributed by atoms with E-state index in [-0.39, 0.29) is 12.0 Å². The van der Waals surface area contributed by atoms with Crippen LogP contribution in [0.3, 0.4) is 0 Å². The number of rotatable bonds is 5. The van der Waals surface area contributed by atoms with E-state index in [0.717, 1.165) is 18.7 Å². The van der Waals surface area contributed by atoms with Gasteiger partial charge in [0.2, 0.25) is 0 Å². The zero-order valence-corrected chi connectivity index (χ0v) is 12.1. The maximum absolute atomic E-state index is 11.7. The van der Waals surface area contributed by atoms with E-state index in [1.165, 1.54) is 12.8 Å². The summed E-state index contributed by atoms with van der Waals surface area (Å²) in [6.07, 6.45) is 6.98. The highest BCUT2D eigenvalue weighted by atomic mass is 32.2. The molecule has 6 heteroatoms. The Bertz CT molecular complexity index is 548. The first-order valence-electron chi connectivity index (χ1n) is 7.06. The Balaban J connectivity index is 1.86. The molecule has 1 saturated carbocycles. The fourth-order valence-corrected chi connectivity index (χ4v) is 4.87. The van der Waals surface area contributed by atoms with Crippen molar-refractivity contribution < 1.29 is 8.42 Å². The lowest BCUT2D eigenvalue weighted by Gasteiger charge is -2.24. The first-order valence-corrected chi connectivity index (χ1v) is 8.88. The molecule has 106 valence electrons. The van der Waals surface area contributed by atoms with Gasteiger partial charge in [-0.3, -0.25) is 0 Å². The topological polar surface area (TPSA) is 64.0 Å². The third kappa shape index (κ3) is 2.69. The van der Waals surface area contributed by atoms with Crippen LogP contribution < -0.4 is 5.32 Å². The van der Waals surface area contributed by atoms with Crippen LogP contribution in [0.15, 0.2) is 12.5 Å². The summed E-state index contributed by atoms with van der Waals surface area (Å²) in [4.78, 5) is 4.27. The van der Waals surface area contributed by atoms with E-state index < -0.39 is 9.84 Å². The van der Waals surface area contributed by atoms with Crippen LogP contribution in [-0.2, 0) is 9.84 Å². The summed E-state index contributed by atoms with van der Waals surface area (Å²) < 4.78 is 25.6. The summed E-state index contributed by atoms with van der Waals surface area (Å²) in [5.41, 5.74) is 1.16. The average Bonchev–Trinajstić information content (AvgIpc) is 2.99. The lowest BCUT2D eigenvalue weighted by molar-refractivity contribution is 0.380. The number of hydrogen-bond acceptors (Lipinski definition) is 4. The molecular weight excluding hydrogens is 262 g/mol. The fraction of sp³-hybridized carbons (Fsp3) is 0.769. The molecule has 2 unspecified atom stereocenters. The van der Waals surface area contributed by atoms with Crippen LogP contribution >= 0.6 is 0 Å². The van der Waals surface area contributed by atoms with Gasteiger partial charge in [-0.2, -0.15) is 0 Å². The molecule has 1 aliphatic heterocycles. The predicted octanol–water partition coefficient (Wildman–Crippen LogP) is 1.30. The van der Waals surface area contributed by atoms with Crippen molar-refractivity contribution in [1.29, 1.82) is 0 Å². The van der Waals surface area contributed by atoms with E-state index in [1.807, 2.05) is 12.5 Å². The fourth-order valence-electron chi connectivity index (χ4n) is 3.03. The molecule has 2 heterocycles. The maximum Gasteiger partial charge on any atom is 0.150 e. The molecule has 0 spiro atoms. The molecule has 0 aromatic carbocycles. The Kier molecular flexibility index (Phi) is 3.39. The zero-order chi connectivity index (χ0) is 13.5. The van der Waals surface area contributed by atoms with E-state index >= 15 is 0 Å². The molecule has 0 radical (unpaired) electrons. The summed E-state index contributed by atoms with van der Waals surface area (Å²) in [6, 6.07) is 0.696. The Morgan fingerprint density at radius 2 is 2.26 bits per heavy atom. The highest BCUT2D eigenvalue weighted by Crippen LogP contribution is 2.39. The van der Waals surface area contributed by atoms with E-state index in [4.69, 9.17) is 0 Å². The third-order valence-corrected chi connectivity index (χ3v) is 5.91. The van der Waals surface area contributed by atoms with Gasteiger partial charge in [0, 0.05) is 12.2 Å². The molecule has 3 rings (SSSR count). The molecule has 1 N–H and O–H groups in total. The van der Waals surface area contributed by atoms with Crippen molar-refractivity contribution in [3.8, 4) is 0 Å². The van der Waals surface area contributed by atoms with Crippen molar-refractivity contribution in [2.24, 2.45) is 5.92 Å². The molecular formula is C13H21N3O2S. The molecule has 1 aliphatic carbocycles. The highest BCUT2D eigenvalue weighted by Gasteiger charge is 2.37. The number of aromatic nitrogens is 2. The number of hydrogen-bond donors (Lipinski definition) is 1. The van der Waals surface area contributed by atoms with Crippen LogP contribution in [0.5, 0.6) is 0 Å². The molecule has 2 fully saturated rings. The molecule has 2 atom stereocenters. The Labute approximate surface area is 114 Å². The molecule has 1 aromatic rings. The first-order chi connectivity index (χ1) is 9.11. The van der Waals surface area contributed by atoms with Crippen LogP contribution in [0.4, 0.5) is 0 Å². The van der Waals surface area contributed by atoms with Crippen molar-refractivity contribution in [2.45, 2.75) is 38.3 Å².